The van der Waals surface area contributed by atoms with Gasteiger partial charge in [0.2, 0.25) is 0 Å². The molecule has 10 heteroatoms. The van der Waals surface area contributed by atoms with Gasteiger partial charge in [0.15, 0.2) is 4.90 Å². The minimum Gasteiger partial charge on any atom is -0.258 e. The molecule has 0 unspecified atom stereocenters. The molecule has 0 N–H and O–H groups in total. The van der Waals surface area contributed by atoms with Crippen LogP contribution in [-0.2, 0) is 16.4 Å². The fourth-order valence-corrected chi connectivity index (χ4v) is 1.70. The van der Waals surface area contributed by atoms with Gasteiger partial charge in [-0.2, -0.15) is 21.6 Å². The number of nitro benzene ring substituents is 1. The predicted molar refractivity (Wildman–Crippen MR) is 46.4 cm³/mol. The van der Waals surface area contributed by atoms with Crippen LogP contribution in [0.5, 0.6) is 0 Å². The van der Waals surface area contributed by atoms with E-state index in [2.05, 4.69) is 0 Å². The molecule has 1 aromatic rings. The van der Waals surface area contributed by atoms with Crippen molar-refractivity contribution < 1.29 is 30.4 Å². The second-order valence-electron chi connectivity index (χ2n) is 2.88. The molecular formula is C7H3F4NO4S. The number of hydrogen-bond acceptors (Lipinski definition) is 4. The Hall–Kier alpha value is -1.71. The predicted octanol–water partition coefficient (Wildman–Crippen LogP) is 2.27. The Kier molecular flexibility index (Phi) is 3.10. The summed E-state index contributed by atoms with van der Waals surface area (Å²) < 4.78 is 70.2. The maximum atomic E-state index is 12.6. The molecule has 0 saturated heterocycles. The molecule has 0 aliphatic heterocycles. The quantitative estimate of drug-likeness (QED) is 0.358. The molecule has 1 aromatic carbocycles. The van der Waals surface area contributed by atoms with Gasteiger partial charge in [-0.15, -0.1) is 3.89 Å². The summed E-state index contributed by atoms with van der Waals surface area (Å²) in [6.45, 7) is 0. The van der Waals surface area contributed by atoms with Crippen molar-refractivity contribution in [2.24, 2.45) is 0 Å². The van der Waals surface area contributed by atoms with Crippen LogP contribution in [-0.4, -0.2) is 13.3 Å². The minimum absolute atomic E-state index is 0.118. The molecule has 0 atom stereocenters. The van der Waals surface area contributed by atoms with Crippen LogP contribution in [0.1, 0.15) is 5.56 Å². The number of benzene rings is 1. The van der Waals surface area contributed by atoms with Gasteiger partial charge in [-0.1, -0.05) is 0 Å². The van der Waals surface area contributed by atoms with Gasteiger partial charge in [0.25, 0.3) is 5.69 Å². The van der Waals surface area contributed by atoms with E-state index >= 15 is 0 Å². The van der Waals surface area contributed by atoms with Crippen LogP contribution in [0, 0.1) is 10.1 Å². The number of halogens is 4. The van der Waals surface area contributed by atoms with Crippen LogP contribution in [0.3, 0.4) is 0 Å². The minimum atomic E-state index is -5.60. The van der Waals surface area contributed by atoms with Crippen molar-refractivity contribution in [1.82, 2.24) is 0 Å². The van der Waals surface area contributed by atoms with Crippen molar-refractivity contribution in [3.8, 4) is 0 Å². The van der Waals surface area contributed by atoms with E-state index in [0.29, 0.717) is 6.07 Å². The fraction of sp³-hybridized carbons (Fsp3) is 0.143. The highest BCUT2D eigenvalue weighted by molar-refractivity contribution is 7.86. The molecule has 0 radical (unpaired) electrons. The normalized spacial score (nSPS) is 12.5. The Morgan fingerprint density at radius 3 is 2.12 bits per heavy atom. The van der Waals surface area contributed by atoms with Gasteiger partial charge in [-0.3, -0.25) is 10.1 Å². The summed E-state index contributed by atoms with van der Waals surface area (Å²) in [4.78, 5) is 7.42. The summed E-state index contributed by atoms with van der Waals surface area (Å²) >= 11 is 0. The molecule has 0 saturated carbocycles. The summed E-state index contributed by atoms with van der Waals surface area (Å²) in [5.41, 5.74) is -2.74. The number of nitro groups is 1. The van der Waals surface area contributed by atoms with E-state index in [1.807, 2.05) is 0 Å². The third kappa shape index (κ3) is 2.90. The Labute approximate surface area is 92.0 Å². The zero-order valence-corrected chi connectivity index (χ0v) is 8.55. The third-order valence-electron chi connectivity index (χ3n) is 1.75. The van der Waals surface area contributed by atoms with E-state index < -0.39 is 37.5 Å². The lowest BCUT2D eigenvalue weighted by atomic mass is 10.2. The summed E-state index contributed by atoms with van der Waals surface area (Å²) in [5, 5.41) is 10.3. The van der Waals surface area contributed by atoms with E-state index in [0.717, 1.165) is 0 Å². The average Bonchev–Trinajstić information content (AvgIpc) is 2.14. The molecule has 5 nitrogen and oxygen atoms in total. The average molecular weight is 273 g/mol. The molecule has 0 heterocycles. The van der Waals surface area contributed by atoms with Gasteiger partial charge in [-0.05, 0) is 12.1 Å². The number of alkyl halides is 3. The molecule has 0 bridgehead atoms. The molecular weight excluding hydrogens is 270 g/mol. The standard InChI is InChI=1S/C7H3F4NO4S/c8-7(9,10)4-1-2-5(12(13)14)6(3-4)17(11,15)16/h1-3H. The first-order valence-electron chi connectivity index (χ1n) is 3.84. The Morgan fingerprint density at radius 1 is 1.24 bits per heavy atom. The third-order valence-corrected chi connectivity index (χ3v) is 2.60. The van der Waals surface area contributed by atoms with Gasteiger partial charge >= 0.3 is 16.4 Å². The van der Waals surface area contributed by atoms with Crippen molar-refractivity contribution in [3.05, 3.63) is 33.9 Å². The van der Waals surface area contributed by atoms with Crippen LogP contribution < -0.4 is 0 Å². The maximum Gasteiger partial charge on any atom is 0.416 e. The molecule has 0 amide bonds. The molecule has 0 aliphatic carbocycles. The Morgan fingerprint density at radius 2 is 1.76 bits per heavy atom. The highest BCUT2D eigenvalue weighted by Crippen LogP contribution is 2.34. The van der Waals surface area contributed by atoms with Crippen molar-refractivity contribution in [1.29, 1.82) is 0 Å². The summed E-state index contributed by atoms with van der Waals surface area (Å²) in [6.07, 6.45) is -4.92. The topological polar surface area (TPSA) is 77.3 Å². The fourth-order valence-electron chi connectivity index (χ4n) is 1.04. The van der Waals surface area contributed by atoms with E-state index in [4.69, 9.17) is 0 Å². The molecule has 17 heavy (non-hydrogen) atoms. The van der Waals surface area contributed by atoms with Crippen molar-refractivity contribution >= 4 is 15.9 Å². The van der Waals surface area contributed by atoms with Crippen molar-refractivity contribution in [2.45, 2.75) is 11.1 Å². The molecule has 0 spiro atoms. The first-order valence-corrected chi connectivity index (χ1v) is 5.22. The van der Waals surface area contributed by atoms with Gasteiger partial charge in [-0.25, -0.2) is 0 Å². The SMILES string of the molecule is O=[N+]([O-])c1ccc(C(F)(F)F)cc1S(=O)(=O)F. The van der Waals surface area contributed by atoms with E-state index in [1.54, 1.807) is 0 Å². The second-order valence-corrected chi connectivity index (χ2v) is 4.19. The van der Waals surface area contributed by atoms with Crippen LogP contribution in [0.2, 0.25) is 0 Å². The van der Waals surface area contributed by atoms with Crippen molar-refractivity contribution in [3.63, 3.8) is 0 Å². The van der Waals surface area contributed by atoms with Crippen LogP contribution >= 0.6 is 0 Å². The molecule has 94 valence electrons. The molecule has 0 aromatic heterocycles. The summed E-state index contributed by atoms with van der Waals surface area (Å²) in [7, 11) is -5.60. The number of hydrogen-bond donors (Lipinski definition) is 0. The lowest BCUT2D eigenvalue weighted by Gasteiger charge is -2.07. The monoisotopic (exact) mass is 273 g/mol. The van der Waals surface area contributed by atoms with Gasteiger partial charge in [0, 0.05) is 6.07 Å². The second kappa shape index (κ2) is 3.95. The van der Waals surface area contributed by atoms with Gasteiger partial charge in [0.1, 0.15) is 0 Å². The molecule has 0 fully saturated rings. The van der Waals surface area contributed by atoms with Crippen LogP contribution in [0.25, 0.3) is 0 Å². The lowest BCUT2D eigenvalue weighted by molar-refractivity contribution is -0.387. The van der Waals surface area contributed by atoms with E-state index in [1.165, 1.54) is 0 Å². The highest BCUT2D eigenvalue weighted by Gasteiger charge is 2.35. The van der Waals surface area contributed by atoms with Crippen LogP contribution in [0.15, 0.2) is 23.1 Å². The number of nitrogens with zero attached hydrogens (tertiary/aromatic N) is 1. The smallest absolute Gasteiger partial charge is 0.258 e. The summed E-state index contributed by atoms with van der Waals surface area (Å²) in [5.74, 6) is 0. The summed E-state index contributed by atoms with van der Waals surface area (Å²) in [6, 6.07) is 0.468. The molecule has 0 aliphatic rings. The van der Waals surface area contributed by atoms with Crippen molar-refractivity contribution in [2.75, 3.05) is 0 Å². The van der Waals surface area contributed by atoms with Gasteiger partial charge < -0.3 is 0 Å². The maximum absolute atomic E-state index is 12.6. The Bertz CT molecular complexity index is 566. The van der Waals surface area contributed by atoms with E-state index in [-0.39, 0.29) is 12.1 Å². The van der Waals surface area contributed by atoms with Gasteiger partial charge in [0.05, 0.1) is 10.5 Å². The Balaban J connectivity index is 3.57. The zero-order valence-electron chi connectivity index (χ0n) is 7.73. The first kappa shape index (κ1) is 13.4. The van der Waals surface area contributed by atoms with Crippen LogP contribution in [0.4, 0.5) is 22.7 Å². The van der Waals surface area contributed by atoms with E-state index in [9.17, 15) is 35.6 Å². The highest BCUT2D eigenvalue weighted by atomic mass is 32.3. The first-order chi connectivity index (χ1) is 7.53. The zero-order chi connectivity index (χ0) is 13.4. The number of rotatable bonds is 2. The largest absolute Gasteiger partial charge is 0.416 e. The lowest BCUT2D eigenvalue weighted by Crippen LogP contribution is -2.08. The molecule has 1 rings (SSSR count).